The van der Waals surface area contributed by atoms with Crippen LogP contribution in [0.1, 0.15) is 25.0 Å². The molecular weight excluding hydrogens is 238 g/mol. The molecule has 0 aromatic heterocycles. The van der Waals surface area contributed by atoms with Gasteiger partial charge in [-0.05, 0) is 45.6 Å². The lowest BCUT2D eigenvalue weighted by atomic mass is 10.1. The van der Waals surface area contributed by atoms with Crippen LogP contribution in [0.4, 0.5) is 0 Å². The lowest BCUT2D eigenvalue weighted by Gasteiger charge is -2.18. The second-order valence-corrected chi connectivity index (χ2v) is 4.66. The van der Waals surface area contributed by atoms with E-state index in [2.05, 4.69) is 0 Å². The first kappa shape index (κ1) is 14.3. The van der Waals surface area contributed by atoms with Gasteiger partial charge in [-0.15, -0.1) is 0 Å². The zero-order chi connectivity index (χ0) is 12.8. The van der Waals surface area contributed by atoms with Gasteiger partial charge in [-0.2, -0.15) is 0 Å². The summed E-state index contributed by atoms with van der Waals surface area (Å²) in [4.78, 5) is 2.04. The molecule has 96 valence electrons. The van der Waals surface area contributed by atoms with Crippen molar-refractivity contribution in [3.63, 3.8) is 0 Å². The van der Waals surface area contributed by atoms with Gasteiger partial charge in [0.05, 0.1) is 12.7 Å². The smallest absolute Gasteiger partial charge is 0.125 e. The fourth-order valence-electron chi connectivity index (χ4n) is 1.60. The molecule has 1 N–H and O–H groups in total. The third-order valence-corrected chi connectivity index (χ3v) is 2.72. The topological polar surface area (TPSA) is 32.7 Å². The molecule has 0 radical (unpaired) electrons. The molecule has 0 aliphatic heterocycles. The van der Waals surface area contributed by atoms with Crippen LogP contribution in [0.25, 0.3) is 0 Å². The van der Waals surface area contributed by atoms with Gasteiger partial charge in [0.2, 0.25) is 0 Å². The second kappa shape index (κ2) is 6.84. The molecule has 0 fully saturated rings. The van der Waals surface area contributed by atoms with E-state index in [9.17, 15) is 5.11 Å². The number of halogens is 1. The summed E-state index contributed by atoms with van der Waals surface area (Å²) in [6.07, 6.45) is 0.116. The highest BCUT2D eigenvalue weighted by molar-refractivity contribution is 6.30. The quantitative estimate of drug-likeness (QED) is 0.851. The van der Waals surface area contributed by atoms with Gasteiger partial charge in [0.15, 0.2) is 0 Å². The number of hydrogen-bond donors (Lipinski definition) is 1. The molecular formula is C13H20ClNO2. The van der Waals surface area contributed by atoms with E-state index in [1.54, 1.807) is 18.2 Å². The van der Waals surface area contributed by atoms with Crippen molar-refractivity contribution in [2.24, 2.45) is 0 Å². The van der Waals surface area contributed by atoms with Crippen LogP contribution in [0.5, 0.6) is 5.75 Å². The molecule has 0 bridgehead atoms. The zero-order valence-corrected chi connectivity index (χ0v) is 11.4. The number of aliphatic hydroxyl groups excluding tert-OH is 1. The van der Waals surface area contributed by atoms with Crippen LogP contribution in [-0.4, -0.2) is 37.3 Å². The van der Waals surface area contributed by atoms with E-state index >= 15 is 0 Å². The molecule has 1 atom stereocenters. The van der Waals surface area contributed by atoms with Gasteiger partial charge in [-0.1, -0.05) is 11.6 Å². The van der Waals surface area contributed by atoms with Crippen molar-refractivity contribution in [3.05, 3.63) is 28.8 Å². The van der Waals surface area contributed by atoms with Crippen molar-refractivity contribution < 1.29 is 9.84 Å². The molecule has 0 saturated carbocycles. The van der Waals surface area contributed by atoms with E-state index in [0.29, 0.717) is 23.8 Å². The summed E-state index contributed by atoms with van der Waals surface area (Å²) in [5.41, 5.74) is 0.765. The van der Waals surface area contributed by atoms with Crippen molar-refractivity contribution in [2.75, 3.05) is 27.2 Å². The summed E-state index contributed by atoms with van der Waals surface area (Å²) in [6.45, 7) is 3.32. The lowest BCUT2D eigenvalue weighted by molar-refractivity contribution is 0.149. The fourth-order valence-corrected chi connectivity index (χ4v) is 1.78. The van der Waals surface area contributed by atoms with Crippen LogP contribution in [0, 0.1) is 0 Å². The van der Waals surface area contributed by atoms with Crippen LogP contribution < -0.4 is 4.74 Å². The summed E-state index contributed by atoms with van der Waals surface area (Å²) in [5, 5.41) is 10.8. The summed E-state index contributed by atoms with van der Waals surface area (Å²) < 4.78 is 5.49. The maximum absolute atomic E-state index is 10.1. The lowest BCUT2D eigenvalue weighted by Crippen LogP contribution is -2.16. The Balaban J connectivity index is 2.81. The first-order valence-corrected chi connectivity index (χ1v) is 6.17. The molecule has 0 amide bonds. The fraction of sp³-hybridized carbons (Fsp3) is 0.538. The monoisotopic (exact) mass is 257 g/mol. The van der Waals surface area contributed by atoms with Crippen molar-refractivity contribution in [1.82, 2.24) is 4.90 Å². The first-order chi connectivity index (χ1) is 8.04. The highest BCUT2D eigenvalue weighted by atomic mass is 35.5. The normalized spacial score (nSPS) is 12.8. The average Bonchev–Trinajstić information content (AvgIpc) is 2.28. The van der Waals surface area contributed by atoms with Gasteiger partial charge in [0.25, 0.3) is 0 Å². The Hall–Kier alpha value is -0.770. The van der Waals surface area contributed by atoms with Crippen molar-refractivity contribution >= 4 is 11.6 Å². The summed E-state index contributed by atoms with van der Waals surface area (Å²) in [7, 11) is 3.96. The third-order valence-electron chi connectivity index (χ3n) is 2.48. The Morgan fingerprint density at radius 3 is 2.71 bits per heavy atom. The van der Waals surface area contributed by atoms with Gasteiger partial charge in [0, 0.05) is 17.1 Å². The van der Waals surface area contributed by atoms with E-state index in [-0.39, 0.29) is 0 Å². The molecule has 1 aromatic carbocycles. The van der Waals surface area contributed by atoms with E-state index in [1.165, 1.54) is 0 Å². The van der Waals surface area contributed by atoms with Crippen LogP contribution >= 0.6 is 11.6 Å². The Morgan fingerprint density at radius 1 is 1.41 bits per heavy atom. The van der Waals surface area contributed by atoms with Crippen molar-refractivity contribution in [2.45, 2.75) is 19.4 Å². The average molecular weight is 258 g/mol. The minimum atomic E-state index is -0.544. The first-order valence-electron chi connectivity index (χ1n) is 5.79. The number of hydrogen-bond acceptors (Lipinski definition) is 3. The minimum Gasteiger partial charge on any atom is -0.493 e. The SMILES string of the molecule is CCOc1ccc(Cl)cc1C(O)CCN(C)C. The van der Waals surface area contributed by atoms with Crippen LogP contribution in [0.2, 0.25) is 5.02 Å². The van der Waals surface area contributed by atoms with Gasteiger partial charge < -0.3 is 14.7 Å². The zero-order valence-electron chi connectivity index (χ0n) is 10.6. The Morgan fingerprint density at radius 2 is 2.12 bits per heavy atom. The molecule has 1 unspecified atom stereocenters. The maximum Gasteiger partial charge on any atom is 0.125 e. The molecule has 0 heterocycles. The molecule has 0 spiro atoms. The van der Waals surface area contributed by atoms with E-state index in [4.69, 9.17) is 16.3 Å². The van der Waals surface area contributed by atoms with Crippen LogP contribution in [0.15, 0.2) is 18.2 Å². The predicted octanol–water partition coefficient (Wildman–Crippen LogP) is 2.72. The molecule has 3 nitrogen and oxygen atoms in total. The second-order valence-electron chi connectivity index (χ2n) is 4.22. The minimum absolute atomic E-state index is 0.544. The Bertz CT molecular complexity index is 355. The number of nitrogens with zero attached hydrogens (tertiary/aromatic N) is 1. The highest BCUT2D eigenvalue weighted by Crippen LogP contribution is 2.30. The summed E-state index contributed by atoms with van der Waals surface area (Å²) in [6, 6.07) is 5.35. The number of benzene rings is 1. The van der Waals surface area contributed by atoms with E-state index in [0.717, 1.165) is 12.1 Å². The van der Waals surface area contributed by atoms with E-state index < -0.39 is 6.10 Å². The van der Waals surface area contributed by atoms with Gasteiger partial charge in [-0.25, -0.2) is 0 Å². The van der Waals surface area contributed by atoms with Gasteiger partial charge in [-0.3, -0.25) is 0 Å². The predicted molar refractivity (Wildman–Crippen MR) is 70.8 cm³/mol. The molecule has 1 aromatic rings. The summed E-state index contributed by atoms with van der Waals surface area (Å²) >= 11 is 5.95. The van der Waals surface area contributed by atoms with Gasteiger partial charge >= 0.3 is 0 Å². The standard InChI is InChI=1S/C13H20ClNO2/c1-4-17-13-6-5-10(14)9-11(13)12(16)7-8-15(2)3/h5-6,9,12,16H,4,7-8H2,1-3H3. The largest absolute Gasteiger partial charge is 0.493 e. The highest BCUT2D eigenvalue weighted by Gasteiger charge is 2.14. The third kappa shape index (κ3) is 4.54. The van der Waals surface area contributed by atoms with Gasteiger partial charge in [0.1, 0.15) is 5.75 Å². The molecule has 0 aliphatic carbocycles. The van der Waals surface area contributed by atoms with Crippen molar-refractivity contribution in [1.29, 1.82) is 0 Å². The Kier molecular flexibility index (Phi) is 5.75. The maximum atomic E-state index is 10.1. The van der Waals surface area contributed by atoms with Crippen molar-refractivity contribution in [3.8, 4) is 5.75 Å². The van der Waals surface area contributed by atoms with Crippen LogP contribution in [0.3, 0.4) is 0 Å². The molecule has 17 heavy (non-hydrogen) atoms. The van der Waals surface area contributed by atoms with Crippen LogP contribution in [-0.2, 0) is 0 Å². The molecule has 4 heteroatoms. The molecule has 1 rings (SSSR count). The summed E-state index contributed by atoms with van der Waals surface area (Å²) in [5.74, 6) is 0.711. The molecule has 0 aliphatic rings. The Labute approximate surface area is 108 Å². The molecule has 0 saturated heterocycles. The number of ether oxygens (including phenoxy) is 1. The number of rotatable bonds is 6. The number of aliphatic hydroxyl groups is 1. The van der Waals surface area contributed by atoms with E-state index in [1.807, 2.05) is 25.9 Å².